The molecule has 0 atom stereocenters. The number of aliphatic imine (C=N–C) groups is 1. The van der Waals surface area contributed by atoms with Gasteiger partial charge in [0.15, 0.2) is 11.5 Å². The molecule has 0 radical (unpaired) electrons. The Morgan fingerprint density at radius 1 is 0.975 bits per heavy atom. The van der Waals surface area contributed by atoms with Crippen molar-refractivity contribution in [1.29, 1.82) is 5.26 Å². The van der Waals surface area contributed by atoms with Gasteiger partial charge >= 0.3 is 0 Å². The summed E-state index contributed by atoms with van der Waals surface area (Å²) in [6.45, 7) is 3.13. The smallest absolute Gasteiger partial charge is 0.161 e. The molecule has 5 nitrogen and oxygen atoms in total. The highest BCUT2D eigenvalue weighted by molar-refractivity contribution is 7.16. The van der Waals surface area contributed by atoms with Gasteiger partial charge in [0, 0.05) is 30.7 Å². The fraction of sp³-hybridized carbons (Fsp3) is 0.176. The van der Waals surface area contributed by atoms with Crippen molar-refractivity contribution in [2.45, 2.75) is 26.1 Å². The minimum absolute atomic E-state index is 0.443. The fourth-order valence-corrected chi connectivity index (χ4v) is 6.40. The summed E-state index contributed by atoms with van der Waals surface area (Å²) in [5.41, 5.74) is 5.17. The molecule has 1 aliphatic heterocycles. The zero-order valence-electron chi connectivity index (χ0n) is 22.3. The molecule has 4 aromatic carbocycles. The number of ether oxygens (including phenoxy) is 2. The van der Waals surface area contributed by atoms with Crippen LogP contribution >= 0.6 is 11.3 Å². The summed E-state index contributed by atoms with van der Waals surface area (Å²) in [4.78, 5) is 8.42. The molecule has 198 valence electrons. The van der Waals surface area contributed by atoms with E-state index in [1.54, 1.807) is 24.7 Å². The van der Waals surface area contributed by atoms with Gasteiger partial charge in [0.05, 0.1) is 12.7 Å². The van der Waals surface area contributed by atoms with E-state index in [1.807, 2.05) is 36.4 Å². The minimum atomic E-state index is 0.443. The largest absolute Gasteiger partial charge is 0.493 e. The molecule has 0 spiro atoms. The summed E-state index contributed by atoms with van der Waals surface area (Å²) in [5, 5.41) is 13.1. The highest BCUT2D eigenvalue weighted by atomic mass is 32.1. The van der Waals surface area contributed by atoms with Crippen LogP contribution in [0.5, 0.6) is 11.5 Å². The lowest BCUT2D eigenvalue weighted by Gasteiger charge is -2.26. The van der Waals surface area contributed by atoms with Crippen molar-refractivity contribution in [1.82, 2.24) is 4.90 Å². The van der Waals surface area contributed by atoms with E-state index in [2.05, 4.69) is 65.6 Å². The third kappa shape index (κ3) is 5.48. The van der Waals surface area contributed by atoms with Crippen molar-refractivity contribution in [2.75, 3.05) is 13.7 Å². The number of rotatable bonds is 8. The van der Waals surface area contributed by atoms with Gasteiger partial charge in [-0.15, -0.1) is 11.3 Å². The van der Waals surface area contributed by atoms with E-state index in [0.717, 1.165) is 47.7 Å². The van der Waals surface area contributed by atoms with E-state index in [4.69, 9.17) is 14.5 Å². The Labute approximate surface area is 238 Å². The van der Waals surface area contributed by atoms with Crippen molar-refractivity contribution in [2.24, 2.45) is 4.99 Å². The summed E-state index contributed by atoms with van der Waals surface area (Å²) in [6, 6.07) is 33.3. The number of nitrogens with zero attached hydrogens (tertiary/aromatic N) is 3. The first-order chi connectivity index (χ1) is 19.7. The van der Waals surface area contributed by atoms with Crippen LogP contribution in [0.4, 0.5) is 5.00 Å². The molecule has 1 aliphatic rings. The van der Waals surface area contributed by atoms with Gasteiger partial charge < -0.3 is 9.47 Å². The quantitative estimate of drug-likeness (QED) is 0.189. The zero-order valence-corrected chi connectivity index (χ0v) is 23.2. The lowest BCUT2D eigenvalue weighted by molar-refractivity contribution is 0.249. The highest BCUT2D eigenvalue weighted by Crippen LogP contribution is 2.39. The van der Waals surface area contributed by atoms with Gasteiger partial charge in [0.2, 0.25) is 0 Å². The molecule has 0 bridgehead atoms. The number of fused-ring (bicyclic) bond motifs is 2. The SMILES string of the molecule is COc1cc(C=Nc2sc3c(c2C#N)CCN(Cc2ccccc2)C3)ccc1OCc1cccc2ccccc12. The van der Waals surface area contributed by atoms with Crippen LogP contribution in [-0.2, 0) is 26.1 Å². The summed E-state index contributed by atoms with van der Waals surface area (Å²) in [5.74, 6) is 1.32. The van der Waals surface area contributed by atoms with Crippen LogP contribution in [0.15, 0.2) is 96.0 Å². The molecule has 0 unspecified atom stereocenters. The maximum Gasteiger partial charge on any atom is 0.161 e. The number of hydrogen-bond donors (Lipinski definition) is 0. The molecule has 1 aromatic heterocycles. The molecule has 0 fully saturated rings. The first-order valence-corrected chi connectivity index (χ1v) is 14.2. The highest BCUT2D eigenvalue weighted by Gasteiger charge is 2.24. The fourth-order valence-electron chi connectivity index (χ4n) is 5.22. The van der Waals surface area contributed by atoms with Crippen LogP contribution in [0.25, 0.3) is 10.8 Å². The number of hydrogen-bond acceptors (Lipinski definition) is 6. The lowest BCUT2D eigenvalue weighted by atomic mass is 10.0. The topological polar surface area (TPSA) is 57.8 Å². The summed E-state index contributed by atoms with van der Waals surface area (Å²) >= 11 is 1.62. The Morgan fingerprint density at radius 3 is 2.65 bits per heavy atom. The Morgan fingerprint density at radius 2 is 1.80 bits per heavy atom. The Hall–Kier alpha value is -4.44. The van der Waals surface area contributed by atoms with Crippen LogP contribution in [0, 0.1) is 11.3 Å². The number of thiophene rings is 1. The second kappa shape index (κ2) is 11.7. The van der Waals surface area contributed by atoms with Gasteiger partial charge in [0.1, 0.15) is 17.7 Å². The van der Waals surface area contributed by atoms with E-state index in [0.29, 0.717) is 23.7 Å². The monoisotopic (exact) mass is 543 g/mol. The molecule has 0 saturated heterocycles. The summed E-state index contributed by atoms with van der Waals surface area (Å²) in [6.07, 6.45) is 2.67. The number of methoxy groups -OCH3 is 1. The second-order valence-electron chi connectivity index (χ2n) is 9.84. The van der Waals surface area contributed by atoms with Gasteiger partial charge in [-0.3, -0.25) is 4.90 Å². The first-order valence-electron chi connectivity index (χ1n) is 13.3. The molecule has 0 saturated carbocycles. The van der Waals surface area contributed by atoms with Crippen LogP contribution in [-0.4, -0.2) is 24.8 Å². The maximum absolute atomic E-state index is 9.93. The van der Waals surface area contributed by atoms with Crippen molar-refractivity contribution in [3.8, 4) is 17.6 Å². The molecule has 5 aromatic rings. The average molecular weight is 544 g/mol. The predicted octanol–water partition coefficient (Wildman–Crippen LogP) is 7.67. The summed E-state index contributed by atoms with van der Waals surface area (Å²) in [7, 11) is 1.64. The van der Waals surface area contributed by atoms with Crippen molar-refractivity contribution < 1.29 is 9.47 Å². The van der Waals surface area contributed by atoms with E-state index in [1.165, 1.54) is 21.2 Å². The number of benzene rings is 4. The number of nitriles is 1. The molecule has 0 N–H and O–H groups in total. The van der Waals surface area contributed by atoms with Crippen LogP contribution in [0.1, 0.15) is 32.7 Å². The molecule has 0 aliphatic carbocycles. The maximum atomic E-state index is 9.93. The first kappa shape index (κ1) is 25.8. The predicted molar refractivity (Wildman–Crippen MR) is 162 cm³/mol. The third-order valence-corrected chi connectivity index (χ3v) is 8.38. The van der Waals surface area contributed by atoms with Crippen molar-refractivity contribution in [3.05, 3.63) is 124 Å². The van der Waals surface area contributed by atoms with E-state index in [9.17, 15) is 5.26 Å². The molecule has 0 amide bonds. The van der Waals surface area contributed by atoms with Gasteiger partial charge in [-0.2, -0.15) is 5.26 Å². The molecule has 2 heterocycles. The van der Waals surface area contributed by atoms with Gasteiger partial charge in [-0.05, 0) is 57.6 Å². The molecule has 40 heavy (non-hydrogen) atoms. The van der Waals surface area contributed by atoms with Crippen LogP contribution in [0.3, 0.4) is 0 Å². The van der Waals surface area contributed by atoms with Crippen LogP contribution < -0.4 is 9.47 Å². The van der Waals surface area contributed by atoms with E-state index >= 15 is 0 Å². The third-order valence-electron chi connectivity index (χ3n) is 7.26. The van der Waals surface area contributed by atoms with Crippen molar-refractivity contribution >= 4 is 33.3 Å². The second-order valence-corrected chi connectivity index (χ2v) is 10.9. The van der Waals surface area contributed by atoms with Gasteiger partial charge in [-0.25, -0.2) is 4.99 Å². The van der Waals surface area contributed by atoms with E-state index < -0.39 is 0 Å². The van der Waals surface area contributed by atoms with E-state index in [-0.39, 0.29) is 0 Å². The average Bonchev–Trinajstić information content (AvgIpc) is 3.36. The molecule has 6 heteroatoms. The zero-order chi connectivity index (χ0) is 27.3. The Bertz CT molecular complexity index is 1710. The molecule has 6 rings (SSSR count). The van der Waals surface area contributed by atoms with Gasteiger partial charge in [0.25, 0.3) is 0 Å². The normalized spacial score (nSPS) is 13.3. The lowest BCUT2D eigenvalue weighted by Crippen LogP contribution is -2.29. The molecular formula is C34H29N3O2S. The Balaban J connectivity index is 1.17. The Kier molecular flexibility index (Phi) is 7.58. The van der Waals surface area contributed by atoms with Gasteiger partial charge in [-0.1, -0.05) is 72.8 Å². The standard InChI is InChI=1S/C34H29N3O2S/c1-38-32-18-25(14-15-31(32)39-23-27-12-7-11-26-10-5-6-13-28(26)27)20-36-34-30(19-35)29-16-17-37(22-33(29)40-34)21-24-8-3-2-4-9-24/h2-15,18,20H,16-17,21-23H2,1H3. The minimum Gasteiger partial charge on any atom is -0.493 e. The summed E-state index contributed by atoms with van der Waals surface area (Å²) < 4.78 is 11.8. The molecular weight excluding hydrogens is 514 g/mol. The van der Waals surface area contributed by atoms with Crippen molar-refractivity contribution in [3.63, 3.8) is 0 Å². The van der Waals surface area contributed by atoms with Crippen LogP contribution in [0.2, 0.25) is 0 Å².